The number of halogens is 3. The third-order valence-corrected chi connectivity index (χ3v) is 1.73. The largest absolute Gasteiger partial charge is 1.00 e. The number of ether oxygens (including phenoxy) is 4. The maximum atomic E-state index is 10.0. The van der Waals surface area contributed by atoms with Crippen molar-refractivity contribution in [3.63, 3.8) is 0 Å². The minimum Gasteiger partial charge on any atom is -1.00 e. The van der Waals surface area contributed by atoms with E-state index in [1.54, 1.807) is 0 Å². The van der Waals surface area contributed by atoms with E-state index in [1.807, 2.05) is 50.3 Å². The van der Waals surface area contributed by atoms with Crippen LogP contribution >= 0.6 is 34.2 Å². The van der Waals surface area contributed by atoms with Crippen molar-refractivity contribution in [1.82, 2.24) is 0 Å². The Morgan fingerprint density at radius 2 is 1.27 bits per heavy atom. The van der Waals surface area contributed by atoms with Crippen molar-refractivity contribution in [2.45, 2.75) is 64.5 Å². The van der Waals surface area contributed by atoms with E-state index < -0.39 is 0 Å². The standard InChI is InChI=1S/C6H12O3.C4H7IO2.C2H3ClO.HI.Na/c1-4-7-5(2)9-6(3)8-4;1-3(5)7-4(2)6;1-2(3)4;;/h4-6H,1-3H3;3H,1-2H3;1H3;1H;/q;;;;+1/p-1. The fraction of sp³-hybridized carbons (Fsp3) is 0.833. The number of carbonyl (C=O) groups is 2. The van der Waals surface area contributed by atoms with Gasteiger partial charge in [-0.05, 0) is 61.9 Å². The summed E-state index contributed by atoms with van der Waals surface area (Å²) < 4.78 is 19.9. The molecule has 1 aliphatic heterocycles. The SMILES string of the molecule is CC(=O)Cl.CC(=O)OC(C)I.CC1OC(C)OC(C)O1.[I-].[Na+]. The van der Waals surface area contributed by atoms with E-state index in [4.69, 9.17) is 14.2 Å². The first kappa shape index (κ1) is 31.5. The smallest absolute Gasteiger partial charge is 1.00 e. The van der Waals surface area contributed by atoms with E-state index in [2.05, 4.69) is 16.3 Å². The first-order valence-electron chi connectivity index (χ1n) is 5.98. The van der Waals surface area contributed by atoms with Crippen molar-refractivity contribution in [2.24, 2.45) is 0 Å². The summed E-state index contributed by atoms with van der Waals surface area (Å²) in [6, 6.07) is 0. The molecule has 10 heteroatoms. The molecule has 0 bridgehead atoms. The molecule has 1 aliphatic rings. The molecule has 1 fully saturated rings. The molecule has 1 rings (SSSR count). The molecule has 1 heterocycles. The van der Waals surface area contributed by atoms with Crippen molar-refractivity contribution >= 4 is 45.4 Å². The second-order valence-corrected chi connectivity index (χ2v) is 6.02. The second-order valence-electron chi connectivity index (χ2n) is 3.73. The Kier molecular flexibility index (Phi) is 27.4. The summed E-state index contributed by atoms with van der Waals surface area (Å²) in [6.45, 7) is 10.1. The first-order chi connectivity index (χ1) is 9.04. The van der Waals surface area contributed by atoms with Crippen molar-refractivity contribution in [1.29, 1.82) is 0 Å². The Bertz CT molecular complexity index is 268. The monoisotopic (exact) mass is 574 g/mol. The minimum atomic E-state index is -0.361. The third kappa shape index (κ3) is 29.7. The molecule has 1 atom stereocenters. The second kappa shape index (κ2) is 19.1. The van der Waals surface area contributed by atoms with Crippen LogP contribution in [0.3, 0.4) is 0 Å². The summed E-state index contributed by atoms with van der Waals surface area (Å²) in [7, 11) is 0. The molecule has 0 aromatic carbocycles. The fourth-order valence-corrected chi connectivity index (χ4v) is 1.49. The van der Waals surface area contributed by atoms with Crippen LogP contribution in [0.2, 0.25) is 0 Å². The summed E-state index contributed by atoms with van der Waals surface area (Å²) >= 11 is 6.65. The molecular formula is C12H22ClI2NaO6. The molecule has 0 radical (unpaired) electrons. The topological polar surface area (TPSA) is 71.1 Å². The van der Waals surface area contributed by atoms with Crippen molar-refractivity contribution < 1.29 is 82.1 Å². The molecule has 6 nitrogen and oxygen atoms in total. The van der Waals surface area contributed by atoms with Gasteiger partial charge in [-0.25, -0.2) is 0 Å². The van der Waals surface area contributed by atoms with Gasteiger partial charge in [-0.2, -0.15) is 0 Å². The average Bonchev–Trinajstić information content (AvgIpc) is 2.11. The quantitative estimate of drug-likeness (QED) is 0.111. The van der Waals surface area contributed by atoms with Crippen LogP contribution in [0.4, 0.5) is 0 Å². The Labute approximate surface area is 190 Å². The van der Waals surface area contributed by atoms with Gasteiger partial charge >= 0.3 is 35.5 Å². The van der Waals surface area contributed by atoms with Gasteiger partial charge in [-0.3, -0.25) is 9.59 Å². The summed E-state index contributed by atoms with van der Waals surface area (Å²) in [6.07, 6.45) is -0.406. The van der Waals surface area contributed by atoms with Gasteiger partial charge in [0.15, 0.2) is 18.9 Å². The number of hydrogen-bond donors (Lipinski definition) is 0. The molecule has 1 saturated heterocycles. The van der Waals surface area contributed by atoms with E-state index in [0.29, 0.717) is 0 Å². The van der Waals surface area contributed by atoms with Gasteiger partial charge < -0.3 is 42.9 Å². The van der Waals surface area contributed by atoms with Crippen LogP contribution in [0, 0.1) is 0 Å². The maximum absolute atomic E-state index is 10.0. The van der Waals surface area contributed by atoms with Crippen LogP contribution in [0.25, 0.3) is 0 Å². The van der Waals surface area contributed by atoms with Crippen molar-refractivity contribution in [3.8, 4) is 0 Å². The Morgan fingerprint density at radius 3 is 1.36 bits per heavy atom. The summed E-state index contributed by atoms with van der Waals surface area (Å²) in [5.41, 5.74) is 0. The molecule has 22 heavy (non-hydrogen) atoms. The molecule has 0 saturated carbocycles. The molecule has 0 aliphatic carbocycles. The predicted octanol–water partition coefficient (Wildman–Crippen LogP) is -2.80. The van der Waals surface area contributed by atoms with Gasteiger partial charge in [0, 0.05) is 13.8 Å². The molecule has 1 unspecified atom stereocenters. The van der Waals surface area contributed by atoms with Crippen LogP contribution in [0.5, 0.6) is 0 Å². The molecule has 0 amide bonds. The zero-order valence-electron chi connectivity index (χ0n) is 13.9. The van der Waals surface area contributed by atoms with Gasteiger partial charge in [0.2, 0.25) is 5.24 Å². The predicted molar refractivity (Wildman–Crippen MR) is 83.4 cm³/mol. The third-order valence-electron chi connectivity index (χ3n) is 1.48. The fourth-order valence-electron chi connectivity index (χ4n) is 1.13. The van der Waals surface area contributed by atoms with Crippen LogP contribution in [0.15, 0.2) is 0 Å². The summed E-state index contributed by atoms with van der Waals surface area (Å²) in [5.74, 6) is -0.220. The molecule has 128 valence electrons. The number of hydrogen-bond acceptors (Lipinski definition) is 6. The van der Waals surface area contributed by atoms with Crippen LogP contribution in [0.1, 0.15) is 41.5 Å². The van der Waals surface area contributed by atoms with E-state index in [9.17, 15) is 9.59 Å². The summed E-state index contributed by atoms with van der Waals surface area (Å²) in [4.78, 5) is 19.2. The molecule has 0 N–H and O–H groups in total. The van der Waals surface area contributed by atoms with E-state index in [-0.39, 0.29) is 87.7 Å². The maximum Gasteiger partial charge on any atom is 1.00 e. The number of esters is 1. The van der Waals surface area contributed by atoms with Gasteiger partial charge in [0.05, 0.1) is 0 Å². The number of alkyl halides is 1. The number of rotatable bonds is 1. The zero-order chi connectivity index (χ0) is 16.3. The molecule has 0 aromatic heterocycles. The van der Waals surface area contributed by atoms with Gasteiger partial charge in [-0.1, -0.05) is 0 Å². The van der Waals surface area contributed by atoms with Crippen LogP contribution in [-0.2, 0) is 28.5 Å². The summed E-state index contributed by atoms with van der Waals surface area (Å²) in [5, 5.41) is -0.361. The van der Waals surface area contributed by atoms with E-state index >= 15 is 0 Å². The van der Waals surface area contributed by atoms with Crippen molar-refractivity contribution in [3.05, 3.63) is 0 Å². The van der Waals surface area contributed by atoms with Crippen LogP contribution in [-0.4, -0.2) is 34.2 Å². The minimum absolute atomic E-state index is 0. The van der Waals surface area contributed by atoms with Crippen LogP contribution < -0.4 is 53.5 Å². The average molecular weight is 575 g/mol. The van der Waals surface area contributed by atoms with E-state index in [1.165, 1.54) is 13.8 Å². The Morgan fingerprint density at radius 1 is 1.05 bits per heavy atom. The normalized spacial score (nSPS) is 23.7. The number of carbonyl (C=O) groups excluding carboxylic acids is 2. The van der Waals surface area contributed by atoms with Gasteiger partial charge in [0.1, 0.15) is 4.11 Å². The molecule has 0 spiro atoms. The van der Waals surface area contributed by atoms with Gasteiger partial charge in [-0.15, -0.1) is 0 Å². The van der Waals surface area contributed by atoms with Gasteiger partial charge in [0.25, 0.3) is 0 Å². The Hall–Kier alpha value is 1.77. The van der Waals surface area contributed by atoms with E-state index in [0.717, 1.165) is 0 Å². The first-order valence-corrected chi connectivity index (χ1v) is 7.60. The van der Waals surface area contributed by atoms with Crippen molar-refractivity contribution in [2.75, 3.05) is 0 Å². The zero-order valence-corrected chi connectivity index (χ0v) is 21.0. The Balaban J connectivity index is -0.000000113. The molecule has 0 aromatic rings. The molecular weight excluding hydrogens is 552 g/mol.